The van der Waals surface area contributed by atoms with Gasteiger partial charge in [-0.3, -0.25) is 14.8 Å². The van der Waals surface area contributed by atoms with Gasteiger partial charge >= 0.3 is 0 Å². The predicted molar refractivity (Wildman–Crippen MR) is 142 cm³/mol. The molecule has 0 saturated heterocycles. The van der Waals surface area contributed by atoms with E-state index in [0.29, 0.717) is 47.9 Å². The largest absolute Gasteiger partial charge is 0.493 e. The van der Waals surface area contributed by atoms with Crippen LogP contribution in [0.5, 0.6) is 28.7 Å². The molecule has 11 heteroatoms. The number of rotatable bonds is 12. The van der Waals surface area contributed by atoms with Gasteiger partial charge in [-0.15, -0.1) is 0 Å². The van der Waals surface area contributed by atoms with Crippen LogP contribution in [0.2, 0.25) is 0 Å². The van der Waals surface area contributed by atoms with Gasteiger partial charge in [0.25, 0.3) is 5.91 Å². The lowest BCUT2D eigenvalue weighted by Crippen LogP contribution is -2.16. The van der Waals surface area contributed by atoms with Gasteiger partial charge in [0.2, 0.25) is 0 Å². The third-order valence-electron chi connectivity index (χ3n) is 5.55. The van der Waals surface area contributed by atoms with E-state index in [4.69, 9.17) is 18.9 Å². The third kappa shape index (κ3) is 6.50. The molecule has 0 spiro atoms. The van der Waals surface area contributed by atoms with Crippen LogP contribution in [0.15, 0.2) is 55.0 Å². The van der Waals surface area contributed by atoms with Crippen molar-refractivity contribution in [1.29, 1.82) is 0 Å². The number of ether oxygens (including phenoxy) is 4. The van der Waals surface area contributed by atoms with Gasteiger partial charge in [0.05, 0.1) is 24.8 Å². The van der Waals surface area contributed by atoms with Crippen LogP contribution in [0.1, 0.15) is 23.7 Å². The van der Waals surface area contributed by atoms with Gasteiger partial charge in [0, 0.05) is 54.4 Å². The van der Waals surface area contributed by atoms with E-state index in [0.717, 1.165) is 18.6 Å². The minimum atomic E-state index is -1.01. The van der Waals surface area contributed by atoms with Crippen molar-refractivity contribution in [3.8, 4) is 28.7 Å². The second kappa shape index (κ2) is 12.8. The lowest BCUT2D eigenvalue weighted by atomic mass is 10.1. The highest BCUT2D eigenvalue weighted by Gasteiger charge is 2.19. The summed E-state index contributed by atoms with van der Waals surface area (Å²) in [6, 6.07) is 8.27. The first kappa shape index (κ1) is 27.5. The SMILES string of the molecule is CCCOc1ccncc1C(=O)Nc1cc(F)c(Oc2ccnc3cc(OCCNC)c(OC)cc23)c(F)c1. The summed E-state index contributed by atoms with van der Waals surface area (Å²) in [7, 11) is 3.30. The molecule has 0 saturated carbocycles. The molecule has 204 valence electrons. The maximum atomic E-state index is 15.1. The summed E-state index contributed by atoms with van der Waals surface area (Å²) in [5, 5.41) is 5.93. The number of carbonyl (C=O) groups is 1. The molecule has 39 heavy (non-hydrogen) atoms. The van der Waals surface area contributed by atoms with E-state index in [1.54, 1.807) is 18.2 Å². The van der Waals surface area contributed by atoms with E-state index in [-0.39, 0.29) is 17.0 Å². The molecule has 0 aliphatic rings. The highest BCUT2D eigenvalue weighted by molar-refractivity contribution is 6.06. The summed E-state index contributed by atoms with van der Waals surface area (Å²) < 4.78 is 52.5. The van der Waals surface area contributed by atoms with Crippen molar-refractivity contribution in [3.05, 3.63) is 72.2 Å². The van der Waals surface area contributed by atoms with E-state index >= 15 is 8.78 Å². The highest BCUT2D eigenvalue weighted by atomic mass is 19.1. The fourth-order valence-electron chi connectivity index (χ4n) is 3.68. The Balaban J connectivity index is 1.58. The van der Waals surface area contributed by atoms with Crippen molar-refractivity contribution in [2.24, 2.45) is 0 Å². The number of pyridine rings is 2. The van der Waals surface area contributed by atoms with Gasteiger partial charge in [-0.1, -0.05) is 6.92 Å². The molecule has 2 aromatic carbocycles. The van der Waals surface area contributed by atoms with Gasteiger partial charge in [0.15, 0.2) is 28.9 Å². The van der Waals surface area contributed by atoms with Crippen molar-refractivity contribution in [2.45, 2.75) is 13.3 Å². The second-order valence-corrected chi connectivity index (χ2v) is 8.33. The zero-order valence-corrected chi connectivity index (χ0v) is 21.7. The van der Waals surface area contributed by atoms with Crippen molar-refractivity contribution >= 4 is 22.5 Å². The molecular formula is C28H28F2N4O5. The molecule has 2 aromatic heterocycles. The number of likely N-dealkylation sites (N-methyl/N-ethyl adjacent to an activating group) is 1. The van der Waals surface area contributed by atoms with Crippen molar-refractivity contribution in [1.82, 2.24) is 15.3 Å². The van der Waals surface area contributed by atoms with E-state index in [1.165, 1.54) is 31.8 Å². The maximum Gasteiger partial charge on any atom is 0.261 e. The molecule has 2 N–H and O–H groups in total. The fraction of sp³-hybridized carbons (Fsp3) is 0.250. The number of hydrogen-bond acceptors (Lipinski definition) is 8. The summed E-state index contributed by atoms with van der Waals surface area (Å²) in [5.74, 6) is -1.93. The third-order valence-corrected chi connectivity index (χ3v) is 5.55. The number of nitrogens with zero attached hydrogens (tertiary/aromatic N) is 2. The summed E-state index contributed by atoms with van der Waals surface area (Å²) in [6.45, 7) is 3.37. The Labute approximate surface area is 224 Å². The monoisotopic (exact) mass is 538 g/mol. The van der Waals surface area contributed by atoms with Crippen molar-refractivity contribution in [3.63, 3.8) is 0 Å². The van der Waals surface area contributed by atoms with Crippen LogP contribution in [-0.4, -0.2) is 49.8 Å². The number of halogens is 2. The summed E-state index contributed by atoms with van der Waals surface area (Å²) in [4.78, 5) is 21.0. The summed E-state index contributed by atoms with van der Waals surface area (Å²) in [6.07, 6.45) is 5.01. The van der Waals surface area contributed by atoms with E-state index in [2.05, 4.69) is 20.6 Å². The number of carbonyl (C=O) groups excluding carboxylic acids is 1. The molecular weight excluding hydrogens is 510 g/mol. The number of amides is 1. The van der Waals surface area contributed by atoms with Crippen molar-refractivity contribution in [2.75, 3.05) is 39.2 Å². The van der Waals surface area contributed by atoms with Crippen LogP contribution in [-0.2, 0) is 0 Å². The number of hydrogen-bond donors (Lipinski definition) is 2. The summed E-state index contributed by atoms with van der Waals surface area (Å²) >= 11 is 0. The Morgan fingerprint density at radius 2 is 1.69 bits per heavy atom. The van der Waals surface area contributed by atoms with Crippen LogP contribution in [0.25, 0.3) is 10.9 Å². The first-order chi connectivity index (χ1) is 18.9. The summed E-state index contributed by atoms with van der Waals surface area (Å²) in [5.41, 5.74) is 0.519. The van der Waals surface area contributed by atoms with Gasteiger partial charge in [0.1, 0.15) is 18.1 Å². The lowest BCUT2D eigenvalue weighted by molar-refractivity contribution is 0.102. The van der Waals surface area contributed by atoms with Gasteiger partial charge in [-0.25, -0.2) is 8.78 Å². The number of aromatic nitrogens is 2. The molecule has 0 aliphatic heterocycles. The van der Waals surface area contributed by atoms with E-state index < -0.39 is 23.3 Å². The highest BCUT2D eigenvalue weighted by Crippen LogP contribution is 2.38. The molecule has 0 radical (unpaired) electrons. The first-order valence-electron chi connectivity index (χ1n) is 12.2. The van der Waals surface area contributed by atoms with Crippen LogP contribution < -0.4 is 29.6 Å². The molecule has 1 amide bonds. The van der Waals surface area contributed by atoms with Crippen LogP contribution in [0.4, 0.5) is 14.5 Å². The van der Waals surface area contributed by atoms with E-state index in [1.807, 2.05) is 14.0 Å². The number of fused-ring (bicyclic) bond motifs is 1. The standard InChI is InChI=1S/C28H28F2N4O5/c1-4-10-37-23-5-7-32-16-19(23)28(35)34-17-12-20(29)27(21(30)13-17)39-24-6-8-33-22-15-26(38-11-9-31-2)25(36-3)14-18(22)24/h5-8,12-16,31H,4,9-11H2,1-3H3,(H,34,35). The smallest absolute Gasteiger partial charge is 0.261 e. The Kier molecular flexibility index (Phi) is 9.06. The van der Waals surface area contributed by atoms with Crippen LogP contribution >= 0.6 is 0 Å². The zero-order chi connectivity index (χ0) is 27.8. The molecule has 0 fully saturated rings. The fourth-order valence-corrected chi connectivity index (χ4v) is 3.68. The van der Waals surface area contributed by atoms with Crippen molar-refractivity contribution < 1.29 is 32.5 Å². The molecule has 9 nitrogen and oxygen atoms in total. The van der Waals surface area contributed by atoms with Gasteiger partial charge in [-0.2, -0.15) is 0 Å². The normalized spacial score (nSPS) is 10.8. The Morgan fingerprint density at radius 1 is 0.949 bits per heavy atom. The molecule has 4 aromatic rings. The Bertz CT molecular complexity index is 1440. The average molecular weight is 539 g/mol. The minimum absolute atomic E-state index is 0.0998. The minimum Gasteiger partial charge on any atom is -0.493 e. The Morgan fingerprint density at radius 3 is 2.41 bits per heavy atom. The van der Waals surface area contributed by atoms with Crippen LogP contribution in [0, 0.1) is 11.6 Å². The molecule has 0 atom stereocenters. The number of anilines is 1. The molecule has 0 unspecified atom stereocenters. The molecule has 0 bridgehead atoms. The number of methoxy groups -OCH3 is 1. The molecule has 0 aliphatic carbocycles. The number of benzene rings is 2. The quantitative estimate of drug-likeness (QED) is 0.233. The number of nitrogens with one attached hydrogen (secondary N) is 2. The predicted octanol–water partition coefficient (Wildman–Crippen LogP) is 5.35. The van der Waals surface area contributed by atoms with Crippen LogP contribution in [0.3, 0.4) is 0 Å². The topological polar surface area (TPSA) is 104 Å². The maximum absolute atomic E-state index is 15.1. The second-order valence-electron chi connectivity index (χ2n) is 8.33. The van der Waals surface area contributed by atoms with E-state index in [9.17, 15) is 4.79 Å². The lowest BCUT2D eigenvalue weighted by Gasteiger charge is -2.15. The molecule has 4 rings (SSSR count). The van der Waals surface area contributed by atoms with Gasteiger partial charge in [-0.05, 0) is 31.7 Å². The Hall–Kier alpha value is -4.51. The first-order valence-corrected chi connectivity index (χ1v) is 12.2. The van der Waals surface area contributed by atoms with Gasteiger partial charge < -0.3 is 29.6 Å². The molecule has 2 heterocycles. The average Bonchev–Trinajstić information content (AvgIpc) is 2.93. The zero-order valence-electron chi connectivity index (χ0n) is 21.7.